The quantitative estimate of drug-likeness (QED) is 0.698. The Balaban J connectivity index is 1.87. The Labute approximate surface area is 184 Å². The lowest BCUT2D eigenvalue weighted by Crippen LogP contribution is -2.45. The molecule has 3 rings (SSSR count). The van der Waals surface area contributed by atoms with E-state index in [0.29, 0.717) is 5.69 Å². The van der Waals surface area contributed by atoms with Gasteiger partial charge in [0.2, 0.25) is 5.91 Å². The van der Waals surface area contributed by atoms with Crippen molar-refractivity contribution in [3.05, 3.63) is 64.7 Å². The number of carbonyl (C=O) groups excluding carboxylic acids is 3. The summed E-state index contributed by atoms with van der Waals surface area (Å²) in [6, 6.07) is 9.57. The standard InChI is InChI=1S/C23H22F2N4O3/c1-14-9-15(2)11-17(10-14)28(8-4-7-26)20(30)13-29-21(31)23(3,27-22(29)32)16-5-6-18(24)19(25)12-16/h5-6,9-12H,4,8,13H2,1-3H3,(H,27,32). The van der Waals surface area contributed by atoms with E-state index >= 15 is 0 Å². The minimum absolute atomic E-state index is 0.0559. The van der Waals surface area contributed by atoms with Gasteiger partial charge in [-0.05, 0) is 61.7 Å². The minimum Gasteiger partial charge on any atom is -0.319 e. The van der Waals surface area contributed by atoms with E-state index in [9.17, 15) is 23.2 Å². The van der Waals surface area contributed by atoms with Crippen molar-refractivity contribution in [3.8, 4) is 6.07 Å². The maximum atomic E-state index is 13.7. The third-order valence-corrected chi connectivity index (χ3v) is 5.33. The smallest absolute Gasteiger partial charge is 0.319 e. The second-order valence-electron chi connectivity index (χ2n) is 7.87. The molecule has 0 aromatic heterocycles. The fraction of sp³-hybridized carbons (Fsp3) is 0.304. The number of anilines is 1. The van der Waals surface area contributed by atoms with Crippen molar-refractivity contribution in [1.29, 1.82) is 5.26 Å². The molecule has 1 saturated heterocycles. The fourth-order valence-corrected chi connectivity index (χ4v) is 3.73. The molecule has 166 valence electrons. The normalized spacial score (nSPS) is 17.8. The van der Waals surface area contributed by atoms with Crippen LogP contribution in [0.1, 0.15) is 30.0 Å². The zero-order valence-corrected chi connectivity index (χ0v) is 17.9. The van der Waals surface area contributed by atoms with Crippen LogP contribution in [0.5, 0.6) is 0 Å². The predicted molar refractivity (Wildman–Crippen MR) is 112 cm³/mol. The Morgan fingerprint density at radius 1 is 1.12 bits per heavy atom. The third kappa shape index (κ3) is 4.30. The summed E-state index contributed by atoms with van der Waals surface area (Å²) >= 11 is 0. The SMILES string of the molecule is Cc1cc(C)cc(N(CCC#N)C(=O)CN2C(=O)NC(C)(c3ccc(F)c(F)c3)C2=O)c1. The maximum absolute atomic E-state index is 13.7. The van der Waals surface area contributed by atoms with Gasteiger partial charge in [-0.3, -0.25) is 14.5 Å². The van der Waals surface area contributed by atoms with Crippen LogP contribution in [-0.2, 0) is 15.1 Å². The first kappa shape index (κ1) is 22.9. The molecule has 2 aromatic carbocycles. The van der Waals surface area contributed by atoms with Crippen LogP contribution >= 0.6 is 0 Å². The molecule has 0 radical (unpaired) electrons. The Bertz CT molecular complexity index is 1120. The molecule has 1 heterocycles. The zero-order chi connectivity index (χ0) is 23.6. The Kier molecular flexibility index (Phi) is 6.25. The number of carbonyl (C=O) groups is 3. The van der Waals surface area contributed by atoms with Crippen molar-refractivity contribution in [1.82, 2.24) is 10.2 Å². The summed E-state index contributed by atoms with van der Waals surface area (Å²) in [6.07, 6.45) is 0.0610. The van der Waals surface area contributed by atoms with Gasteiger partial charge in [-0.15, -0.1) is 0 Å². The largest absolute Gasteiger partial charge is 0.325 e. The van der Waals surface area contributed by atoms with E-state index in [1.807, 2.05) is 26.0 Å². The first-order valence-corrected chi connectivity index (χ1v) is 9.92. The summed E-state index contributed by atoms with van der Waals surface area (Å²) in [4.78, 5) is 40.8. The number of amides is 4. The number of benzene rings is 2. The van der Waals surface area contributed by atoms with E-state index in [-0.39, 0.29) is 18.5 Å². The molecule has 0 spiro atoms. The van der Waals surface area contributed by atoms with Gasteiger partial charge in [0.15, 0.2) is 11.6 Å². The number of halogens is 2. The average molecular weight is 440 g/mol. The van der Waals surface area contributed by atoms with Crippen molar-refractivity contribution < 1.29 is 23.2 Å². The highest BCUT2D eigenvalue weighted by molar-refractivity contribution is 6.10. The highest BCUT2D eigenvalue weighted by Crippen LogP contribution is 2.30. The summed E-state index contributed by atoms with van der Waals surface area (Å²) in [5.74, 6) is -3.55. The van der Waals surface area contributed by atoms with Crippen molar-refractivity contribution in [2.24, 2.45) is 0 Å². The Morgan fingerprint density at radius 3 is 2.38 bits per heavy atom. The molecule has 32 heavy (non-hydrogen) atoms. The van der Waals surface area contributed by atoms with E-state index in [0.717, 1.165) is 28.2 Å². The van der Waals surface area contributed by atoms with Gasteiger partial charge in [0.05, 0.1) is 12.5 Å². The van der Waals surface area contributed by atoms with E-state index in [1.54, 1.807) is 12.1 Å². The number of urea groups is 1. The molecule has 1 atom stereocenters. The zero-order valence-electron chi connectivity index (χ0n) is 17.9. The first-order chi connectivity index (χ1) is 15.1. The number of hydrogen-bond donors (Lipinski definition) is 1. The number of rotatable bonds is 6. The van der Waals surface area contributed by atoms with Crippen LogP contribution in [0.2, 0.25) is 0 Å². The number of nitriles is 1. The van der Waals surface area contributed by atoms with Gasteiger partial charge in [0.1, 0.15) is 12.1 Å². The van der Waals surface area contributed by atoms with Crippen LogP contribution in [0.25, 0.3) is 0 Å². The van der Waals surface area contributed by atoms with Crippen LogP contribution in [0, 0.1) is 36.8 Å². The van der Waals surface area contributed by atoms with E-state index in [4.69, 9.17) is 5.26 Å². The molecule has 9 heteroatoms. The molecule has 2 aromatic rings. The number of aryl methyl sites for hydroxylation is 2. The average Bonchev–Trinajstić information content (AvgIpc) is 2.93. The van der Waals surface area contributed by atoms with Gasteiger partial charge in [0, 0.05) is 12.2 Å². The van der Waals surface area contributed by atoms with Gasteiger partial charge in [-0.25, -0.2) is 13.6 Å². The maximum Gasteiger partial charge on any atom is 0.325 e. The van der Waals surface area contributed by atoms with Crippen molar-refractivity contribution in [3.63, 3.8) is 0 Å². The molecule has 1 unspecified atom stereocenters. The number of nitrogens with zero attached hydrogens (tertiary/aromatic N) is 3. The van der Waals surface area contributed by atoms with Crippen LogP contribution in [0.15, 0.2) is 36.4 Å². The second kappa shape index (κ2) is 8.75. The molecule has 0 bridgehead atoms. The van der Waals surface area contributed by atoms with Gasteiger partial charge >= 0.3 is 6.03 Å². The number of nitrogens with one attached hydrogen (secondary N) is 1. The molecule has 0 aliphatic carbocycles. The van der Waals surface area contributed by atoms with Gasteiger partial charge in [0.25, 0.3) is 5.91 Å². The second-order valence-corrected chi connectivity index (χ2v) is 7.87. The van der Waals surface area contributed by atoms with Crippen molar-refractivity contribution in [2.45, 2.75) is 32.7 Å². The van der Waals surface area contributed by atoms with Gasteiger partial charge in [-0.2, -0.15) is 5.26 Å². The van der Waals surface area contributed by atoms with Crippen LogP contribution in [-0.4, -0.2) is 35.8 Å². The Morgan fingerprint density at radius 2 is 1.78 bits per heavy atom. The lowest BCUT2D eigenvalue weighted by molar-refractivity contribution is -0.134. The lowest BCUT2D eigenvalue weighted by Gasteiger charge is -2.25. The Hall–Kier alpha value is -3.80. The summed E-state index contributed by atoms with van der Waals surface area (Å²) in [6.45, 7) is 4.62. The molecule has 0 saturated carbocycles. The van der Waals surface area contributed by atoms with E-state index in [1.165, 1.54) is 17.9 Å². The molecule has 1 aliphatic rings. The summed E-state index contributed by atoms with van der Waals surface area (Å²) < 4.78 is 27.0. The number of imide groups is 1. The first-order valence-electron chi connectivity index (χ1n) is 9.92. The summed E-state index contributed by atoms with van der Waals surface area (Å²) in [5.41, 5.74) is 0.786. The highest BCUT2D eigenvalue weighted by atomic mass is 19.2. The van der Waals surface area contributed by atoms with Crippen LogP contribution in [0.3, 0.4) is 0 Å². The van der Waals surface area contributed by atoms with Crippen molar-refractivity contribution in [2.75, 3.05) is 18.0 Å². The molecule has 1 fully saturated rings. The van der Waals surface area contributed by atoms with Crippen molar-refractivity contribution >= 4 is 23.5 Å². The summed E-state index contributed by atoms with van der Waals surface area (Å²) in [7, 11) is 0. The predicted octanol–water partition coefficient (Wildman–Crippen LogP) is 3.30. The van der Waals surface area contributed by atoms with Gasteiger partial charge < -0.3 is 10.2 Å². The third-order valence-electron chi connectivity index (χ3n) is 5.33. The molecule has 1 aliphatic heterocycles. The fourth-order valence-electron chi connectivity index (χ4n) is 3.73. The van der Waals surface area contributed by atoms with Gasteiger partial charge in [-0.1, -0.05) is 12.1 Å². The minimum atomic E-state index is -1.65. The van der Waals surface area contributed by atoms with Crippen LogP contribution < -0.4 is 10.2 Å². The number of hydrogen-bond acceptors (Lipinski definition) is 4. The lowest BCUT2D eigenvalue weighted by atomic mass is 9.92. The molecular weight excluding hydrogens is 418 g/mol. The monoisotopic (exact) mass is 440 g/mol. The van der Waals surface area contributed by atoms with E-state index < -0.39 is 41.6 Å². The molecule has 7 nitrogen and oxygen atoms in total. The summed E-state index contributed by atoms with van der Waals surface area (Å²) in [5, 5.41) is 11.4. The highest BCUT2D eigenvalue weighted by Gasteiger charge is 2.50. The topological polar surface area (TPSA) is 93.5 Å². The van der Waals surface area contributed by atoms with Crippen LogP contribution in [0.4, 0.5) is 19.3 Å². The molecular formula is C23H22F2N4O3. The molecule has 1 N–H and O–H groups in total. The molecule has 4 amide bonds. The van der Waals surface area contributed by atoms with E-state index in [2.05, 4.69) is 5.32 Å².